The molecule has 12 nitrogen and oxygen atoms in total. The van der Waals surface area contributed by atoms with Crippen molar-refractivity contribution in [3.05, 3.63) is 53.6 Å². The summed E-state index contributed by atoms with van der Waals surface area (Å²) in [6.45, 7) is 4.55. The van der Waals surface area contributed by atoms with Gasteiger partial charge in [-0.3, -0.25) is 28.9 Å². The van der Waals surface area contributed by atoms with Crippen LogP contribution in [0.4, 0.5) is 5.69 Å². The molecule has 0 bridgehead atoms. The topological polar surface area (TPSA) is 173 Å². The number of nitrogens with one attached hydrogen (secondary N) is 2. The summed E-state index contributed by atoms with van der Waals surface area (Å²) >= 11 is 1.57. The lowest BCUT2D eigenvalue weighted by Gasteiger charge is -2.16. The molecule has 2 aromatic rings. The molecule has 56 heavy (non-hydrogen) atoms. The molecule has 0 saturated carbocycles. The van der Waals surface area contributed by atoms with E-state index in [1.54, 1.807) is 11.8 Å². The van der Waals surface area contributed by atoms with Crippen LogP contribution in [0.2, 0.25) is 0 Å². The van der Waals surface area contributed by atoms with Crippen molar-refractivity contribution < 1.29 is 41.3 Å². The van der Waals surface area contributed by atoms with Gasteiger partial charge in [0.15, 0.2) is 0 Å². The summed E-state index contributed by atoms with van der Waals surface area (Å²) in [7, 11) is -3.11. The van der Waals surface area contributed by atoms with Crippen LogP contribution in [-0.4, -0.2) is 77.8 Å². The molecule has 1 heterocycles. The number of fused-ring (bicyclic) bond motifs is 3. The Morgan fingerprint density at radius 1 is 0.786 bits per heavy atom. The summed E-state index contributed by atoms with van der Waals surface area (Å²) in [6, 6.07) is 13.8. The molecule has 1 aliphatic carbocycles. The second kappa shape index (κ2) is 26.0. The van der Waals surface area contributed by atoms with Gasteiger partial charge >= 0.3 is 16.6 Å². The first-order valence-electron chi connectivity index (χ1n) is 20.2. The molecular formula is C42H59N3O9S2. The van der Waals surface area contributed by atoms with Crippen LogP contribution in [0.5, 0.6) is 0 Å². The molecule has 4 rings (SSSR count). The van der Waals surface area contributed by atoms with Gasteiger partial charge in [0.25, 0.3) is 0 Å². The number of amides is 4. The Morgan fingerprint density at radius 3 is 2.00 bits per heavy atom. The number of hydrogen-bond donors (Lipinski definition) is 2. The molecule has 2 unspecified atom stereocenters. The number of imide groups is 1. The fourth-order valence-electron chi connectivity index (χ4n) is 7.13. The molecule has 1 saturated heterocycles. The molecule has 14 heteroatoms. The van der Waals surface area contributed by atoms with Crippen LogP contribution in [0.1, 0.15) is 140 Å². The van der Waals surface area contributed by atoms with Crippen molar-refractivity contribution in [3.63, 3.8) is 0 Å². The average molecular weight is 814 g/mol. The molecule has 2 aromatic carbocycles. The third-order valence-corrected chi connectivity index (χ3v) is 11.3. The second-order valence-corrected chi connectivity index (χ2v) is 16.1. The summed E-state index contributed by atoms with van der Waals surface area (Å²) in [6.07, 6.45) is 17.6. The Hall–Kier alpha value is -4.04. The zero-order chi connectivity index (χ0) is 40.7. The van der Waals surface area contributed by atoms with Crippen molar-refractivity contribution in [2.45, 2.75) is 134 Å². The van der Waals surface area contributed by atoms with Crippen molar-refractivity contribution in [3.8, 4) is 11.1 Å². The van der Waals surface area contributed by atoms with Gasteiger partial charge in [-0.2, -0.15) is 0 Å². The van der Waals surface area contributed by atoms with E-state index < -0.39 is 10.6 Å². The normalized spacial score (nSPS) is 15.4. The van der Waals surface area contributed by atoms with E-state index in [9.17, 15) is 24.0 Å². The Labute approximate surface area is 337 Å². The van der Waals surface area contributed by atoms with Crippen LogP contribution < -0.4 is 10.6 Å². The number of rotatable bonds is 25. The number of unbranched alkanes of at least 4 members (excludes halogenated alkanes) is 12. The van der Waals surface area contributed by atoms with Gasteiger partial charge in [-0.1, -0.05) is 108 Å². The highest BCUT2D eigenvalue weighted by atomic mass is 32.2. The maximum absolute atomic E-state index is 13.0. The first-order valence-corrected chi connectivity index (χ1v) is 22.2. The Kier molecular flexibility index (Phi) is 21.5. The van der Waals surface area contributed by atoms with Gasteiger partial charge in [-0.15, -0.1) is 24.4 Å². The third kappa shape index (κ3) is 16.6. The average Bonchev–Trinajstić information content (AvgIpc) is 3.62. The van der Waals surface area contributed by atoms with Crippen molar-refractivity contribution in [1.82, 2.24) is 10.2 Å². The maximum Gasteiger partial charge on any atom is 0.425 e. The van der Waals surface area contributed by atoms with E-state index in [1.165, 1.54) is 69.6 Å². The SMILES string of the molecule is CCCNC(=O)CCCCCCCCCCCCCCCSC1CC(=O)N(CCC(=O)Nc2ccc3c(c2)C(COC(C)=O)c2ccccc2-3)C1=O.O=S(=O)=O. The van der Waals surface area contributed by atoms with E-state index in [0.29, 0.717) is 12.1 Å². The largest absolute Gasteiger partial charge is 0.465 e. The van der Waals surface area contributed by atoms with E-state index in [4.69, 9.17) is 17.4 Å². The number of carbonyl (C=O) groups excluding carboxylic acids is 5. The highest BCUT2D eigenvalue weighted by Crippen LogP contribution is 2.45. The fraction of sp³-hybridized carbons (Fsp3) is 0.595. The zero-order valence-electron chi connectivity index (χ0n) is 33.0. The van der Waals surface area contributed by atoms with Crippen LogP contribution >= 0.6 is 11.8 Å². The van der Waals surface area contributed by atoms with Crippen molar-refractivity contribution in [1.29, 1.82) is 0 Å². The number of nitrogens with zero attached hydrogens (tertiary/aromatic N) is 1. The van der Waals surface area contributed by atoms with Crippen molar-refractivity contribution in [2.24, 2.45) is 0 Å². The molecule has 0 radical (unpaired) electrons. The smallest absolute Gasteiger partial charge is 0.425 e. The molecule has 2 aliphatic rings. The van der Waals surface area contributed by atoms with Crippen LogP contribution in [-0.2, 0) is 39.3 Å². The van der Waals surface area contributed by atoms with E-state index >= 15 is 0 Å². The molecule has 1 fully saturated rings. The fourth-order valence-corrected chi connectivity index (χ4v) is 8.32. The number of anilines is 1. The van der Waals surface area contributed by atoms with Crippen molar-refractivity contribution >= 4 is 57.7 Å². The number of benzene rings is 2. The number of ether oxygens (including phenoxy) is 1. The van der Waals surface area contributed by atoms with Crippen LogP contribution in [0.15, 0.2) is 42.5 Å². The molecule has 2 atom stereocenters. The maximum atomic E-state index is 13.0. The monoisotopic (exact) mass is 813 g/mol. The molecule has 0 aromatic heterocycles. The highest BCUT2D eigenvalue weighted by Gasteiger charge is 2.38. The molecule has 308 valence electrons. The first-order chi connectivity index (χ1) is 27.0. The van der Waals surface area contributed by atoms with Gasteiger partial charge in [0, 0.05) is 50.9 Å². The van der Waals surface area contributed by atoms with Crippen LogP contribution in [0.3, 0.4) is 0 Å². The third-order valence-electron chi connectivity index (χ3n) is 9.99. The molecule has 1 aliphatic heterocycles. The zero-order valence-corrected chi connectivity index (χ0v) is 34.6. The lowest BCUT2D eigenvalue weighted by atomic mass is 9.97. The molecule has 2 N–H and O–H groups in total. The predicted octanol–water partition coefficient (Wildman–Crippen LogP) is 7.53. The lowest BCUT2D eigenvalue weighted by Crippen LogP contribution is -2.34. The van der Waals surface area contributed by atoms with Gasteiger partial charge in [-0.25, -0.2) is 0 Å². The van der Waals surface area contributed by atoms with Gasteiger partial charge in [0.1, 0.15) is 6.61 Å². The highest BCUT2D eigenvalue weighted by molar-refractivity contribution is 8.00. The molecule has 4 amide bonds. The minimum Gasteiger partial charge on any atom is -0.465 e. The van der Waals surface area contributed by atoms with E-state index in [-0.39, 0.29) is 66.8 Å². The standard InChI is InChI=1S/C42H59N3O6S.O3S/c1-3-25-43-39(47)21-15-13-11-9-7-5-4-6-8-10-12-14-18-27-52-38-29-41(49)45(42(38)50)26-24-40(48)44-32-22-23-35-33-19-16-17-20-34(33)37(36(35)28-32)30-51-31(2)46;1-4(2)3/h16-17,19-20,22-23,28,37-38H,3-15,18,21,24-27,29-30H2,1-2H3,(H,43,47)(H,44,48);. The Bertz CT molecular complexity index is 1710. The number of hydrogen-bond acceptors (Lipinski definition) is 10. The lowest BCUT2D eigenvalue weighted by molar-refractivity contribution is -0.141. The number of esters is 1. The predicted molar refractivity (Wildman–Crippen MR) is 219 cm³/mol. The van der Waals surface area contributed by atoms with Crippen molar-refractivity contribution in [2.75, 3.05) is 30.8 Å². The van der Waals surface area contributed by atoms with Gasteiger partial charge in [0.05, 0.1) is 5.25 Å². The quantitative estimate of drug-likeness (QED) is 0.0580. The minimum atomic E-state index is -3.11. The first kappa shape index (κ1) is 46.3. The summed E-state index contributed by atoms with van der Waals surface area (Å²) in [5.41, 5.74) is 4.84. The summed E-state index contributed by atoms with van der Waals surface area (Å²) in [4.78, 5) is 63.0. The summed E-state index contributed by atoms with van der Waals surface area (Å²) in [5.74, 6) is -0.0464. The summed E-state index contributed by atoms with van der Waals surface area (Å²) in [5, 5.41) is 5.51. The van der Waals surface area contributed by atoms with Crippen LogP contribution in [0.25, 0.3) is 11.1 Å². The molecular weight excluding hydrogens is 755 g/mol. The number of carbonyl (C=O) groups is 5. The number of likely N-dealkylation sites (tertiary alicyclic amines) is 1. The Balaban J connectivity index is 0.00000200. The second-order valence-electron chi connectivity index (χ2n) is 14.4. The van der Waals surface area contributed by atoms with Gasteiger partial charge in [-0.05, 0) is 59.4 Å². The Morgan fingerprint density at radius 2 is 1.38 bits per heavy atom. The van der Waals surface area contributed by atoms with E-state index in [2.05, 4.69) is 17.6 Å². The summed E-state index contributed by atoms with van der Waals surface area (Å²) < 4.78 is 30.7. The van der Waals surface area contributed by atoms with E-state index in [0.717, 1.165) is 66.7 Å². The van der Waals surface area contributed by atoms with Crippen LogP contribution in [0, 0.1) is 0 Å². The molecule has 0 spiro atoms. The minimum absolute atomic E-state index is 0.0313. The van der Waals surface area contributed by atoms with Gasteiger partial charge in [0.2, 0.25) is 23.6 Å². The van der Waals surface area contributed by atoms with Gasteiger partial charge < -0.3 is 15.4 Å². The number of thioether (sulfide) groups is 1. The van der Waals surface area contributed by atoms with E-state index in [1.807, 2.05) is 42.5 Å².